The van der Waals surface area contributed by atoms with Gasteiger partial charge in [0, 0.05) is 15.5 Å². The molecule has 19 heavy (non-hydrogen) atoms. The van der Waals surface area contributed by atoms with E-state index in [4.69, 9.17) is 0 Å². The van der Waals surface area contributed by atoms with Gasteiger partial charge in [0.05, 0.1) is 0 Å². The van der Waals surface area contributed by atoms with Gasteiger partial charge in [0.25, 0.3) is 0 Å². The van der Waals surface area contributed by atoms with Crippen molar-refractivity contribution in [2.24, 2.45) is 0 Å². The van der Waals surface area contributed by atoms with Crippen molar-refractivity contribution in [1.29, 1.82) is 0 Å². The molecule has 98 valence electrons. The molecule has 0 fully saturated rings. The number of halogens is 1. The second kappa shape index (κ2) is 5.25. The second-order valence-electron chi connectivity index (χ2n) is 5.45. The van der Waals surface area contributed by atoms with Gasteiger partial charge in [-0.3, -0.25) is 0 Å². The number of benzene rings is 2. The molecule has 0 N–H and O–H groups in total. The second-order valence-corrected chi connectivity index (χ2v) is 6.69. The van der Waals surface area contributed by atoms with Crippen LogP contribution >= 0.6 is 22.6 Å². The molecule has 1 nitrogen and oxygen atoms in total. The first-order chi connectivity index (χ1) is 9.16. The molecule has 2 aromatic carbocycles. The Bertz CT molecular complexity index is 574. The number of hydrogen-bond donors (Lipinski definition) is 0. The summed E-state index contributed by atoms with van der Waals surface area (Å²) in [6.45, 7) is 0. The fourth-order valence-corrected chi connectivity index (χ4v) is 3.47. The molecule has 0 heterocycles. The van der Waals surface area contributed by atoms with Gasteiger partial charge in [0.2, 0.25) is 0 Å². The Morgan fingerprint density at radius 2 is 1.58 bits per heavy atom. The van der Waals surface area contributed by atoms with Crippen molar-refractivity contribution in [3.05, 3.63) is 68.8 Å². The first-order valence-electron chi connectivity index (χ1n) is 6.67. The van der Waals surface area contributed by atoms with Crippen LogP contribution in [0.1, 0.15) is 35.1 Å². The summed E-state index contributed by atoms with van der Waals surface area (Å²) in [6, 6.07) is 18.4. The maximum Gasteiger partial charge on any atom is 0.0354 e. The van der Waals surface area contributed by atoms with E-state index in [1.807, 2.05) is 0 Å². The van der Waals surface area contributed by atoms with Gasteiger partial charge in [0.15, 0.2) is 0 Å². The summed E-state index contributed by atoms with van der Waals surface area (Å²) in [7, 11) is 4.36. The maximum absolute atomic E-state index is 2.37. The lowest BCUT2D eigenvalue weighted by Gasteiger charge is -2.20. The predicted molar refractivity (Wildman–Crippen MR) is 88.5 cm³/mol. The zero-order valence-corrected chi connectivity index (χ0v) is 13.5. The first-order valence-corrected chi connectivity index (χ1v) is 7.75. The van der Waals surface area contributed by atoms with Crippen LogP contribution in [0, 0.1) is 3.57 Å². The first kappa shape index (κ1) is 13.1. The number of fused-ring (bicyclic) bond motifs is 1. The van der Waals surface area contributed by atoms with Crippen LogP contribution in [0.5, 0.6) is 0 Å². The average molecular weight is 363 g/mol. The van der Waals surface area contributed by atoms with Gasteiger partial charge in [-0.1, -0.05) is 36.4 Å². The SMILES string of the molecule is CN(C)C1CC(c2ccc(I)cc2)c2ccccc21. The molecule has 0 spiro atoms. The predicted octanol–water partition coefficient (Wildman–Crippen LogP) is 4.43. The lowest BCUT2D eigenvalue weighted by Crippen LogP contribution is -2.17. The van der Waals surface area contributed by atoms with Gasteiger partial charge in [-0.05, 0) is 71.9 Å². The fraction of sp³-hybridized carbons (Fsp3) is 0.294. The molecule has 0 saturated heterocycles. The summed E-state index contributed by atoms with van der Waals surface area (Å²) in [5.41, 5.74) is 4.44. The van der Waals surface area contributed by atoms with Crippen LogP contribution in [-0.4, -0.2) is 19.0 Å². The molecular weight excluding hydrogens is 345 g/mol. The third-order valence-electron chi connectivity index (χ3n) is 4.09. The van der Waals surface area contributed by atoms with Gasteiger partial charge < -0.3 is 4.90 Å². The van der Waals surface area contributed by atoms with Gasteiger partial charge in [-0.15, -0.1) is 0 Å². The van der Waals surface area contributed by atoms with Crippen molar-refractivity contribution in [2.45, 2.75) is 18.4 Å². The highest BCUT2D eigenvalue weighted by molar-refractivity contribution is 14.1. The smallest absolute Gasteiger partial charge is 0.0354 e. The van der Waals surface area contributed by atoms with Crippen LogP contribution in [-0.2, 0) is 0 Å². The molecule has 1 aliphatic rings. The lowest BCUT2D eigenvalue weighted by atomic mass is 9.93. The highest BCUT2D eigenvalue weighted by Crippen LogP contribution is 2.45. The summed E-state index contributed by atoms with van der Waals surface area (Å²) in [4.78, 5) is 2.34. The van der Waals surface area contributed by atoms with Gasteiger partial charge in [0.1, 0.15) is 0 Å². The lowest BCUT2D eigenvalue weighted by molar-refractivity contribution is 0.293. The Labute approximate surface area is 128 Å². The largest absolute Gasteiger partial charge is 0.302 e. The third kappa shape index (κ3) is 2.43. The minimum absolute atomic E-state index is 0.542. The topological polar surface area (TPSA) is 3.24 Å². The van der Waals surface area contributed by atoms with Crippen molar-refractivity contribution >= 4 is 22.6 Å². The third-order valence-corrected chi connectivity index (χ3v) is 4.80. The molecule has 2 atom stereocenters. The van der Waals surface area contributed by atoms with Gasteiger partial charge in [-0.25, -0.2) is 0 Å². The number of hydrogen-bond acceptors (Lipinski definition) is 1. The van der Waals surface area contributed by atoms with Crippen LogP contribution < -0.4 is 0 Å². The minimum Gasteiger partial charge on any atom is -0.302 e. The van der Waals surface area contributed by atoms with Crippen molar-refractivity contribution in [1.82, 2.24) is 4.90 Å². The van der Waals surface area contributed by atoms with Crippen LogP contribution in [0.15, 0.2) is 48.5 Å². The normalized spacial score (nSPS) is 21.7. The van der Waals surface area contributed by atoms with Crippen molar-refractivity contribution in [3.8, 4) is 0 Å². The van der Waals surface area contributed by atoms with Crippen molar-refractivity contribution in [2.75, 3.05) is 14.1 Å². The van der Waals surface area contributed by atoms with Crippen LogP contribution in [0.3, 0.4) is 0 Å². The van der Waals surface area contributed by atoms with Crippen molar-refractivity contribution < 1.29 is 0 Å². The van der Waals surface area contributed by atoms with E-state index in [0.29, 0.717) is 12.0 Å². The summed E-state index contributed by atoms with van der Waals surface area (Å²) < 4.78 is 1.30. The fourth-order valence-electron chi connectivity index (χ4n) is 3.11. The van der Waals surface area contributed by atoms with Crippen LogP contribution in [0.4, 0.5) is 0 Å². The quantitative estimate of drug-likeness (QED) is 0.714. The van der Waals surface area contributed by atoms with Gasteiger partial charge in [-0.2, -0.15) is 0 Å². The van der Waals surface area contributed by atoms with Crippen LogP contribution in [0.25, 0.3) is 0 Å². The van der Waals surface area contributed by atoms with E-state index in [2.05, 4.69) is 90.1 Å². The zero-order chi connectivity index (χ0) is 13.4. The Kier molecular flexibility index (Phi) is 3.63. The van der Waals surface area contributed by atoms with Crippen molar-refractivity contribution in [3.63, 3.8) is 0 Å². The van der Waals surface area contributed by atoms with Crippen LogP contribution in [0.2, 0.25) is 0 Å². The molecule has 0 amide bonds. The maximum atomic E-state index is 2.37. The highest BCUT2D eigenvalue weighted by Gasteiger charge is 2.32. The molecule has 1 aliphatic carbocycles. The molecule has 3 rings (SSSR count). The molecular formula is C17H18IN. The van der Waals surface area contributed by atoms with E-state index >= 15 is 0 Å². The zero-order valence-electron chi connectivity index (χ0n) is 11.3. The monoisotopic (exact) mass is 363 g/mol. The molecule has 2 aromatic rings. The molecule has 0 aliphatic heterocycles. The Morgan fingerprint density at radius 1 is 0.947 bits per heavy atom. The van der Waals surface area contributed by atoms with E-state index in [-0.39, 0.29) is 0 Å². The van der Waals surface area contributed by atoms with E-state index in [1.54, 1.807) is 0 Å². The number of nitrogens with zero attached hydrogens (tertiary/aromatic N) is 1. The Balaban J connectivity index is 2.03. The molecule has 2 unspecified atom stereocenters. The molecule has 0 bridgehead atoms. The standard InChI is InChI=1S/C17H18IN/c1-19(2)17-11-16(12-7-9-13(18)10-8-12)14-5-3-4-6-15(14)17/h3-10,16-17H,11H2,1-2H3. The van der Waals surface area contributed by atoms with E-state index in [1.165, 1.54) is 26.7 Å². The summed E-state index contributed by atoms with van der Waals surface area (Å²) >= 11 is 2.37. The van der Waals surface area contributed by atoms with Gasteiger partial charge >= 0.3 is 0 Å². The molecule has 0 radical (unpaired) electrons. The van der Waals surface area contributed by atoms with E-state index in [0.717, 1.165) is 0 Å². The molecule has 2 heteroatoms. The summed E-state index contributed by atoms with van der Waals surface area (Å²) in [6.07, 6.45) is 1.19. The minimum atomic E-state index is 0.542. The van der Waals surface area contributed by atoms with E-state index in [9.17, 15) is 0 Å². The highest BCUT2D eigenvalue weighted by atomic mass is 127. The summed E-state index contributed by atoms with van der Waals surface area (Å²) in [5, 5.41) is 0. The number of rotatable bonds is 2. The molecule has 0 aromatic heterocycles. The molecule has 0 saturated carbocycles. The Hall–Kier alpha value is -0.870. The summed E-state index contributed by atoms with van der Waals surface area (Å²) in [5.74, 6) is 0.542. The Morgan fingerprint density at radius 3 is 2.21 bits per heavy atom. The average Bonchev–Trinajstić information content (AvgIpc) is 2.79. The van der Waals surface area contributed by atoms with E-state index < -0.39 is 0 Å².